The van der Waals surface area contributed by atoms with Crippen molar-refractivity contribution in [2.24, 2.45) is 5.92 Å². The fourth-order valence-corrected chi connectivity index (χ4v) is 3.16. The Bertz CT molecular complexity index is 405. The fraction of sp³-hybridized carbons (Fsp3) is 0.462. The summed E-state index contributed by atoms with van der Waals surface area (Å²) in [6, 6.07) is 8.89. The summed E-state index contributed by atoms with van der Waals surface area (Å²) >= 11 is 3.62. The molecule has 2 atom stereocenters. The smallest absolute Gasteiger partial charge is 0.0656 e. The second kappa shape index (κ2) is 4.37. The second-order valence-electron chi connectivity index (χ2n) is 4.36. The molecule has 78 valence electrons. The van der Waals surface area contributed by atoms with Gasteiger partial charge in [-0.25, -0.2) is 0 Å². The molecule has 1 fully saturated rings. The van der Waals surface area contributed by atoms with E-state index in [1.807, 2.05) is 0 Å². The number of rotatable bonds is 1. The maximum absolute atomic E-state index is 8.88. The summed E-state index contributed by atoms with van der Waals surface area (Å²) in [5.41, 5.74) is 2.65. The van der Waals surface area contributed by atoms with Crippen LogP contribution in [0.4, 0.5) is 0 Å². The van der Waals surface area contributed by atoms with Crippen LogP contribution in [0.3, 0.4) is 0 Å². The average molecular weight is 264 g/mol. The number of nitriles is 1. The molecule has 0 saturated heterocycles. The molecule has 1 aliphatic rings. The summed E-state index contributed by atoms with van der Waals surface area (Å²) in [6.45, 7) is 2.10. The lowest BCUT2D eigenvalue weighted by Gasteiger charge is -2.12. The van der Waals surface area contributed by atoms with Gasteiger partial charge in [-0.2, -0.15) is 5.26 Å². The highest BCUT2D eigenvalue weighted by atomic mass is 79.9. The zero-order valence-electron chi connectivity index (χ0n) is 8.83. The minimum absolute atomic E-state index is 0.267. The molecule has 2 heteroatoms. The summed E-state index contributed by atoms with van der Waals surface area (Å²) in [4.78, 5) is 0. The van der Waals surface area contributed by atoms with Gasteiger partial charge in [0.2, 0.25) is 0 Å². The van der Waals surface area contributed by atoms with Crippen LogP contribution in [0.2, 0.25) is 0 Å². The quantitative estimate of drug-likeness (QED) is 0.747. The first kappa shape index (κ1) is 10.7. The standard InChI is InChI=1S/C13H14BrN/c1-9-2-5-12(13(14)6-9)11-4-3-10(7-11)8-15/h2,5-6,10-11H,3-4,7H2,1H3. The molecule has 0 bridgehead atoms. The molecule has 1 saturated carbocycles. The van der Waals surface area contributed by atoms with Gasteiger partial charge < -0.3 is 0 Å². The summed E-state index contributed by atoms with van der Waals surface area (Å²) in [6.07, 6.45) is 3.24. The number of aryl methyl sites for hydroxylation is 1. The third-order valence-corrected chi connectivity index (χ3v) is 3.90. The molecule has 1 aromatic rings. The molecule has 0 aliphatic heterocycles. The van der Waals surface area contributed by atoms with Crippen LogP contribution in [-0.2, 0) is 0 Å². The Morgan fingerprint density at radius 2 is 2.20 bits per heavy atom. The van der Waals surface area contributed by atoms with Gasteiger partial charge in [0.15, 0.2) is 0 Å². The first-order valence-electron chi connectivity index (χ1n) is 5.36. The average Bonchev–Trinajstić information content (AvgIpc) is 2.66. The Balaban J connectivity index is 2.21. The Kier molecular flexibility index (Phi) is 3.11. The SMILES string of the molecule is Cc1ccc(C2CCC(C#N)C2)c(Br)c1. The van der Waals surface area contributed by atoms with Crippen molar-refractivity contribution in [1.82, 2.24) is 0 Å². The molecular formula is C13H14BrN. The minimum atomic E-state index is 0.267. The van der Waals surface area contributed by atoms with Gasteiger partial charge in [-0.15, -0.1) is 0 Å². The number of hydrogen-bond donors (Lipinski definition) is 0. The van der Waals surface area contributed by atoms with Crippen molar-refractivity contribution in [3.63, 3.8) is 0 Å². The summed E-state index contributed by atoms with van der Waals surface area (Å²) in [7, 11) is 0. The summed E-state index contributed by atoms with van der Waals surface area (Å²) in [5, 5.41) is 8.88. The van der Waals surface area contributed by atoms with Crippen molar-refractivity contribution in [3.05, 3.63) is 33.8 Å². The third-order valence-electron chi connectivity index (χ3n) is 3.21. The summed E-state index contributed by atoms with van der Waals surface area (Å²) in [5.74, 6) is 0.841. The Hall–Kier alpha value is -0.810. The highest BCUT2D eigenvalue weighted by molar-refractivity contribution is 9.10. The van der Waals surface area contributed by atoms with Gasteiger partial charge >= 0.3 is 0 Å². The van der Waals surface area contributed by atoms with E-state index in [2.05, 4.69) is 47.1 Å². The molecule has 2 rings (SSSR count). The zero-order chi connectivity index (χ0) is 10.8. The van der Waals surface area contributed by atoms with Crippen molar-refractivity contribution in [2.75, 3.05) is 0 Å². The number of hydrogen-bond acceptors (Lipinski definition) is 1. The number of benzene rings is 1. The molecule has 0 N–H and O–H groups in total. The van der Waals surface area contributed by atoms with Crippen LogP contribution in [0.5, 0.6) is 0 Å². The molecular weight excluding hydrogens is 250 g/mol. The van der Waals surface area contributed by atoms with Crippen molar-refractivity contribution in [3.8, 4) is 6.07 Å². The molecule has 0 spiro atoms. The topological polar surface area (TPSA) is 23.8 Å². The molecule has 1 nitrogen and oxygen atoms in total. The van der Waals surface area contributed by atoms with Gasteiger partial charge in [-0.3, -0.25) is 0 Å². The molecule has 0 aromatic heterocycles. The third kappa shape index (κ3) is 2.23. The van der Waals surface area contributed by atoms with E-state index in [9.17, 15) is 0 Å². The van der Waals surface area contributed by atoms with Gasteiger partial charge in [0.25, 0.3) is 0 Å². The minimum Gasteiger partial charge on any atom is -0.198 e. The lowest BCUT2D eigenvalue weighted by atomic mass is 9.96. The first-order valence-corrected chi connectivity index (χ1v) is 6.15. The van der Waals surface area contributed by atoms with E-state index >= 15 is 0 Å². The molecule has 1 aromatic carbocycles. The molecule has 0 heterocycles. The van der Waals surface area contributed by atoms with Gasteiger partial charge in [0, 0.05) is 10.4 Å². The normalized spacial score (nSPS) is 25.1. The zero-order valence-corrected chi connectivity index (χ0v) is 10.4. The van der Waals surface area contributed by atoms with E-state index in [1.165, 1.54) is 15.6 Å². The van der Waals surface area contributed by atoms with E-state index < -0.39 is 0 Å². The molecule has 15 heavy (non-hydrogen) atoms. The largest absolute Gasteiger partial charge is 0.198 e. The van der Waals surface area contributed by atoms with Crippen molar-refractivity contribution in [1.29, 1.82) is 5.26 Å². The maximum atomic E-state index is 8.88. The van der Waals surface area contributed by atoms with E-state index in [0.717, 1.165) is 19.3 Å². The lowest BCUT2D eigenvalue weighted by molar-refractivity contribution is 0.668. The van der Waals surface area contributed by atoms with Crippen LogP contribution < -0.4 is 0 Å². The number of halogens is 1. The first-order chi connectivity index (χ1) is 7.20. The molecule has 0 amide bonds. The predicted octanol–water partition coefficient (Wildman–Crippen LogP) is 4.16. The van der Waals surface area contributed by atoms with E-state index in [-0.39, 0.29) is 5.92 Å². The predicted molar refractivity (Wildman–Crippen MR) is 64.6 cm³/mol. The van der Waals surface area contributed by atoms with Crippen LogP contribution >= 0.6 is 15.9 Å². The summed E-state index contributed by atoms with van der Waals surface area (Å²) < 4.78 is 1.20. The van der Waals surface area contributed by atoms with Gasteiger partial charge in [0.1, 0.15) is 0 Å². The van der Waals surface area contributed by atoms with E-state index in [0.29, 0.717) is 5.92 Å². The Morgan fingerprint density at radius 3 is 2.80 bits per heavy atom. The number of nitrogens with zero attached hydrogens (tertiary/aromatic N) is 1. The van der Waals surface area contributed by atoms with Crippen LogP contribution in [0.25, 0.3) is 0 Å². The highest BCUT2D eigenvalue weighted by Gasteiger charge is 2.26. The van der Waals surface area contributed by atoms with Crippen molar-refractivity contribution >= 4 is 15.9 Å². The van der Waals surface area contributed by atoms with Crippen LogP contribution in [0, 0.1) is 24.2 Å². The van der Waals surface area contributed by atoms with Crippen LogP contribution in [0.1, 0.15) is 36.3 Å². The fourth-order valence-electron chi connectivity index (χ4n) is 2.34. The molecule has 1 aliphatic carbocycles. The highest BCUT2D eigenvalue weighted by Crippen LogP contribution is 2.40. The molecule has 0 radical (unpaired) electrons. The lowest BCUT2D eigenvalue weighted by Crippen LogP contribution is -1.95. The van der Waals surface area contributed by atoms with E-state index in [4.69, 9.17) is 5.26 Å². The van der Waals surface area contributed by atoms with Crippen LogP contribution in [0.15, 0.2) is 22.7 Å². The molecule has 2 unspecified atom stereocenters. The van der Waals surface area contributed by atoms with Gasteiger partial charge in [-0.1, -0.05) is 28.1 Å². The van der Waals surface area contributed by atoms with E-state index in [1.54, 1.807) is 0 Å². The van der Waals surface area contributed by atoms with Gasteiger partial charge in [-0.05, 0) is 49.3 Å². The van der Waals surface area contributed by atoms with Crippen molar-refractivity contribution < 1.29 is 0 Å². The Labute approximate surface area is 99.2 Å². The van der Waals surface area contributed by atoms with Crippen LogP contribution in [-0.4, -0.2) is 0 Å². The van der Waals surface area contributed by atoms with Gasteiger partial charge in [0.05, 0.1) is 6.07 Å². The van der Waals surface area contributed by atoms with Crippen molar-refractivity contribution in [2.45, 2.75) is 32.1 Å². The monoisotopic (exact) mass is 263 g/mol. The second-order valence-corrected chi connectivity index (χ2v) is 5.22. The Morgan fingerprint density at radius 1 is 1.40 bits per heavy atom. The maximum Gasteiger partial charge on any atom is 0.0656 e.